The second-order valence-electron chi connectivity index (χ2n) is 11.3. The lowest BCUT2D eigenvalue weighted by Gasteiger charge is -2.13. The Balaban J connectivity index is 1.15. The standard InChI is InChI=1S/C39H26/c1-3-9-30-24(7-1)22-38-32(11-5-13-34(30)38)28-17-15-26-19-27-16-18-29(21-37(27)36(26)20-28)33-12-6-14-35-31-10-4-2-8-25(31)23-39(33)35/h1-18,20-21H,19,22-23H2. The van der Waals surface area contributed by atoms with Gasteiger partial charge in [0, 0.05) is 0 Å². The highest BCUT2D eigenvalue weighted by Gasteiger charge is 2.25. The summed E-state index contributed by atoms with van der Waals surface area (Å²) in [5.41, 5.74) is 22.4. The van der Waals surface area contributed by atoms with Gasteiger partial charge in [-0.1, -0.05) is 109 Å². The largest absolute Gasteiger partial charge is 0.0619 e. The first kappa shape index (κ1) is 21.3. The van der Waals surface area contributed by atoms with Crippen LogP contribution in [0.4, 0.5) is 0 Å². The molecule has 0 unspecified atom stereocenters. The van der Waals surface area contributed by atoms with Crippen molar-refractivity contribution in [2.75, 3.05) is 0 Å². The Morgan fingerprint density at radius 1 is 0.282 bits per heavy atom. The van der Waals surface area contributed by atoms with Crippen molar-refractivity contribution in [1.29, 1.82) is 0 Å². The van der Waals surface area contributed by atoms with E-state index in [1.165, 1.54) is 89.0 Å². The third-order valence-corrected chi connectivity index (χ3v) is 9.21. The zero-order chi connectivity index (χ0) is 25.5. The van der Waals surface area contributed by atoms with Crippen LogP contribution in [0.3, 0.4) is 0 Å². The van der Waals surface area contributed by atoms with Crippen molar-refractivity contribution in [3.8, 4) is 55.6 Å². The topological polar surface area (TPSA) is 0 Å². The monoisotopic (exact) mass is 494 g/mol. The van der Waals surface area contributed by atoms with E-state index in [1.807, 2.05) is 0 Å². The predicted octanol–water partition coefficient (Wildman–Crippen LogP) is 9.73. The van der Waals surface area contributed by atoms with Gasteiger partial charge in [0.2, 0.25) is 0 Å². The van der Waals surface area contributed by atoms with Crippen molar-refractivity contribution in [3.63, 3.8) is 0 Å². The van der Waals surface area contributed by atoms with Gasteiger partial charge in [-0.2, -0.15) is 0 Å². The predicted molar refractivity (Wildman–Crippen MR) is 162 cm³/mol. The minimum atomic E-state index is 1.01. The van der Waals surface area contributed by atoms with E-state index < -0.39 is 0 Å². The van der Waals surface area contributed by atoms with Gasteiger partial charge in [-0.3, -0.25) is 0 Å². The normalized spacial score (nSPS) is 13.3. The molecule has 6 aromatic rings. The Bertz CT molecular complexity index is 1840. The zero-order valence-electron chi connectivity index (χ0n) is 21.7. The summed E-state index contributed by atoms with van der Waals surface area (Å²) in [5, 5.41) is 0. The Labute approximate surface area is 229 Å². The van der Waals surface area contributed by atoms with Crippen molar-refractivity contribution < 1.29 is 0 Å². The Morgan fingerprint density at radius 3 is 1.21 bits per heavy atom. The van der Waals surface area contributed by atoms with Crippen LogP contribution in [0.1, 0.15) is 33.4 Å². The third-order valence-electron chi connectivity index (χ3n) is 9.21. The van der Waals surface area contributed by atoms with Gasteiger partial charge in [0.05, 0.1) is 0 Å². The number of hydrogen-bond acceptors (Lipinski definition) is 0. The van der Waals surface area contributed by atoms with Gasteiger partial charge in [-0.05, 0) is 120 Å². The average Bonchev–Trinajstić information content (AvgIpc) is 3.67. The molecule has 0 atom stereocenters. The fourth-order valence-electron chi connectivity index (χ4n) is 7.36. The number of benzene rings is 6. The smallest absolute Gasteiger partial charge is 0.000729 e. The van der Waals surface area contributed by atoms with Crippen LogP contribution in [0.2, 0.25) is 0 Å². The molecular weight excluding hydrogens is 468 g/mol. The van der Waals surface area contributed by atoms with Gasteiger partial charge in [0.25, 0.3) is 0 Å². The number of hydrogen-bond donors (Lipinski definition) is 0. The van der Waals surface area contributed by atoms with Gasteiger partial charge in [0.1, 0.15) is 0 Å². The maximum atomic E-state index is 2.45. The maximum Gasteiger partial charge on any atom is -0.000729 e. The van der Waals surface area contributed by atoms with Crippen molar-refractivity contribution in [1.82, 2.24) is 0 Å². The molecule has 0 nitrogen and oxygen atoms in total. The molecule has 0 radical (unpaired) electrons. The molecule has 0 saturated carbocycles. The summed E-state index contributed by atoms with van der Waals surface area (Å²) in [7, 11) is 0. The second-order valence-corrected chi connectivity index (χ2v) is 11.3. The van der Waals surface area contributed by atoms with Crippen LogP contribution >= 0.6 is 0 Å². The fourth-order valence-corrected chi connectivity index (χ4v) is 7.36. The lowest BCUT2D eigenvalue weighted by atomic mass is 9.91. The highest BCUT2D eigenvalue weighted by Crippen LogP contribution is 2.46. The van der Waals surface area contributed by atoms with E-state index in [1.54, 1.807) is 0 Å². The van der Waals surface area contributed by atoms with E-state index in [0.717, 1.165) is 19.3 Å². The molecule has 0 bridgehead atoms. The fraction of sp³-hybridized carbons (Fsp3) is 0.0769. The van der Waals surface area contributed by atoms with Gasteiger partial charge in [0.15, 0.2) is 0 Å². The van der Waals surface area contributed by atoms with Gasteiger partial charge in [-0.15, -0.1) is 0 Å². The van der Waals surface area contributed by atoms with Crippen molar-refractivity contribution in [3.05, 3.63) is 155 Å². The summed E-state index contributed by atoms with van der Waals surface area (Å²) >= 11 is 0. The van der Waals surface area contributed by atoms with Gasteiger partial charge in [-0.25, -0.2) is 0 Å². The molecule has 0 N–H and O–H groups in total. The summed E-state index contributed by atoms with van der Waals surface area (Å²) in [6.45, 7) is 0. The molecule has 9 rings (SSSR count). The maximum absolute atomic E-state index is 2.45. The number of fused-ring (bicyclic) bond motifs is 9. The van der Waals surface area contributed by atoms with Crippen molar-refractivity contribution in [2.45, 2.75) is 19.3 Å². The molecule has 0 aromatic heterocycles. The minimum Gasteiger partial charge on any atom is -0.0619 e. The minimum absolute atomic E-state index is 1.01. The number of rotatable bonds is 2. The lowest BCUT2D eigenvalue weighted by molar-refractivity contribution is 1.25. The highest BCUT2D eigenvalue weighted by atomic mass is 14.3. The van der Waals surface area contributed by atoms with Crippen LogP contribution in [0.15, 0.2) is 121 Å². The van der Waals surface area contributed by atoms with E-state index in [0.29, 0.717) is 0 Å². The van der Waals surface area contributed by atoms with Crippen molar-refractivity contribution in [2.24, 2.45) is 0 Å². The molecule has 0 spiro atoms. The van der Waals surface area contributed by atoms with Crippen molar-refractivity contribution >= 4 is 0 Å². The Kier molecular flexibility index (Phi) is 4.32. The molecular formula is C39H26. The zero-order valence-corrected chi connectivity index (χ0v) is 21.7. The summed E-state index contributed by atoms with van der Waals surface area (Å²) < 4.78 is 0. The molecule has 3 aliphatic carbocycles. The highest BCUT2D eigenvalue weighted by molar-refractivity contribution is 5.90. The van der Waals surface area contributed by atoms with Crippen LogP contribution in [0.5, 0.6) is 0 Å². The SMILES string of the molecule is c1ccc2c(c1)Cc1c(-c3ccc4c(c3)-c3cc(-c5cccc6c5Cc5ccccc5-6)ccc3C4)cccc1-2. The molecule has 39 heavy (non-hydrogen) atoms. The Morgan fingerprint density at radius 2 is 0.692 bits per heavy atom. The first-order valence-corrected chi connectivity index (χ1v) is 14.0. The quantitative estimate of drug-likeness (QED) is 0.224. The van der Waals surface area contributed by atoms with Gasteiger partial charge >= 0.3 is 0 Å². The molecule has 6 aromatic carbocycles. The van der Waals surface area contributed by atoms with Crippen LogP contribution in [0.25, 0.3) is 55.6 Å². The van der Waals surface area contributed by atoms with Crippen LogP contribution < -0.4 is 0 Å². The first-order chi connectivity index (χ1) is 19.3. The van der Waals surface area contributed by atoms with E-state index in [-0.39, 0.29) is 0 Å². The van der Waals surface area contributed by atoms with Crippen LogP contribution in [-0.4, -0.2) is 0 Å². The van der Waals surface area contributed by atoms with Crippen LogP contribution in [0, 0.1) is 0 Å². The van der Waals surface area contributed by atoms with Gasteiger partial charge < -0.3 is 0 Å². The first-order valence-electron chi connectivity index (χ1n) is 14.0. The summed E-state index contributed by atoms with van der Waals surface area (Å²) in [6.07, 6.45) is 3.05. The third kappa shape index (κ3) is 3.06. The van der Waals surface area contributed by atoms with E-state index >= 15 is 0 Å². The summed E-state index contributed by atoms with van der Waals surface area (Å²) in [6, 6.07) is 45.7. The van der Waals surface area contributed by atoms with E-state index in [4.69, 9.17) is 0 Å². The van der Waals surface area contributed by atoms with E-state index in [2.05, 4.69) is 121 Å². The lowest BCUT2D eigenvalue weighted by Crippen LogP contribution is -1.90. The summed E-state index contributed by atoms with van der Waals surface area (Å²) in [4.78, 5) is 0. The molecule has 0 aliphatic heterocycles. The second kappa shape index (κ2) is 7.91. The molecule has 0 fully saturated rings. The molecule has 0 amide bonds. The molecule has 0 heteroatoms. The van der Waals surface area contributed by atoms with E-state index in [9.17, 15) is 0 Å². The molecule has 0 saturated heterocycles. The Hall–Kier alpha value is -4.68. The summed E-state index contributed by atoms with van der Waals surface area (Å²) in [5.74, 6) is 0. The van der Waals surface area contributed by atoms with Crippen LogP contribution in [-0.2, 0) is 19.3 Å². The molecule has 182 valence electrons. The average molecular weight is 495 g/mol. The molecule has 3 aliphatic rings. The molecule has 0 heterocycles.